The molecule has 1 aliphatic rings. The van der Waals surface area contributed by atoms with Crippen LogP contribution in [0.2, 0.25) is 5.02 Å². The Bertz CT molecular complexity index is 609. The van der Waals surface area contributed by atoms with Crippen LogP contribution >= 0.6 is 11.6 Å². The molecule has 0 aromatic carbocycles. The highest BCUT2D eigenvalue weighted by Gasteiger charge is 2.43. The van der Waals surface area contributed by atoms with Gasteiger partial charge in [-0.1, -0.05) is 25.4 Å². The van der Waals surface area contributed by atoms with Crippen LogP contribution in [0.4, 0.5) is 13.2 Å². The fourth-order valence-electron chi connectivity index (χ4n) is 2.76. The average molecular weight is 381 g/mol. The zero-order valence-electron chi connectivity index (χ0n) is 14.7. The van der Waals surface area contributed by atoms with E-state index < -0.39 is 17.9 Å². The first-order chi connectivity index (χ1) is 11.7. The van der Waals surface area contributed by atoms with Gasteiger partial charge in [-0.3, -0.25) is 9.48 Å². The molecular formula is C16H24ClF3N4O. The summed E-state index contributed by atoms with van der Waals surface area (Å²) >= 11 is 5.94. The first-order valence-corrected chi connectivity index (χ1v) is 8.93. The molecule has 1 atom stereocenters. The van der Waals surface area contributed by atoms with Crippen LogP contribution in [0.25, 0.3) is 0 Å². The van der Waals surface area contributed by atoms with E-state index in [1.54, 1.807) is 6.92 Å². The highest BCUT2D eigenvalue weighted by molar-refractivity contribution is 6.32. The molecule has 1 aromatic heterocycles. The number of rotatable bonds is 8. The van der Waals surface area contributed by atoms with Crippen LogP contribution in [-0.4, -0.2) is 46.8 Å². The zero-order chi connectivity index (χ0) is 18.8. The summed E-state index contributed by atoms with van der Waals surface area (Å²) in [6, 6.07) is -0.846. The topological polar surface area (TPSA) is 50.2 Å². The van der Waals surface area contributed by atoms with E-state index in [2.05, 4.69) is 15.3 Å². The molecule has 1 aromatic rings. The van der Waals surface area contributed by atoms with Gasteiger partial charge in [-0.15, -0.1) is 0 Å². The molecule has 142 valence electrons. The van der Waals surface area contributed by atoms with E-state index in [0.29, 0.717) is 18.8 Å². The molecule has 25 heavy (non-hydrogen) atoms. The minimum Gasteiger partial charge on any atom is -0.353 e. The molecule has 1 amide bonds. The molecule has 5 nitrogen and oxygen atoms in total. The van der Waals surface area contributed by atoms with Gasteiger partial charge < -0.3 is 10.2 Å². The maximum atomic E-state index is 13.1. The number of nitrogens with zero attached hydrogens (tertiary/aromatic N) is 3. The molecule has 0 bridgehead atoms. The van der Waals surface area contributed by atoms with Crippen LogP contribution in [-0.2, 0) is 11.0 Å². The first-order valence-electron chi connectivity index (χ1n) is 8.55. The van der Waals surface area contributed by atoms with Gasteiger partial charge in [-0.25, -0.2) is 0 Å². The fraction of sp³-hybridized carbons (Fsp3) is 0.750. The number of carbonyl (C=O) groups excluding carboxylic acids is 1. The summed E-state index contributed by atoms with van der Waals surface area (Å²) < 4.78 is 40.4. The van der Waals surface area contributed by atoms with E-state index in [1.165, 1.54) is 0 Å². The van der Waals surface area contributed by atoms with Crippen LogP contribution in [0.15, 0.2) is 0 Å². The second kappa shape index (κ2) is 7.95. The van der Waals surface area contributed by atoms with Gasteiger partial charge >= 0.3 is 6.18 Å². The van der Waals surface area contributed by atoms with Crippen molar-refractivity contribution < 1.29 is 18.0 Å². The van der Waals surface area contributed by atoms with Crippen molar-refractivity contribution in [3.8, 4) is 0 Å². The van der Waals surface area contributed by atoms with Gasteiger partial charge in [0, 0.05) is 19.0 Å². The smallest absolute Gasteiger partial charge is 0.353 e. The highest BCUT2D eigenvalue weighted by atomic mass is 35.5. The van der Waals surface area contributed by atoms with Crippen LogP contribution in [0, 0.1) is 0 Å². The Labute approximate surface area is 150 Å². The van der Waals surface area contributed by atoms with Crippen molar-refractivity contribution in [2.75, 3.05) is 26.2 Å². The van der Waals surface area contributed by atoms with Gasteiger partial charge in [0.25, 0.3) is 0 Å². The lowest BCUT2D eigenvalue weighted by Gasteiger charge is -2.20. The number of aromatic nitrogens is 2. The van der Waals surface area contributed by atoms with E-state index in [1.807, 2.05) is 13.8 Å². The molecule has 0 saturated heterocycles. The maximum absolute atomic E-state index is 13.1. The van der Waals surface area contributed by atoms with Gasteiger partial charge in [0.2, 0.25) is 5.91 Å². The average Bonchev–Trinajstić information content (AvgIpc) is 3.32. The van der Waals surface area contributed by atoms with E-state index in [4.69, 9.17) is 11.6 Å². The summed E-state index contributed by atoms with van der Waals surface area (Å²) in [7, 11) is 0. The van der Waals surface area contributed by atoms with E-state index >= 15 is 0 Å². The van der Waals surface area contributed by atoms with Crippen molar-refractivity contribution in [3.63, 3.8) is 0 Å². The van der Waals surface area contributed by atoms with Gasteiger partial charge in [-0.05, 0) is 32.9 Å². The Morgan fingerprint density at radius 3 is 2.48 bits per heavy atom. The number of hydrogen-bond acceptors (Lipinski definition) is 3. The molecule has 2 rings (SSSR count). The molecule has 1 unspecified atom stereocenters. The Kier molecular flexibility index (Phi) is 6.37. The molecule has 0 spiro atoms. The predicted molar refractivity (Wildman–Crippen MR) is 89.7 cm³/mol. The number of alkyl halides is 3. The fourth-order valence-corrected chi connectivity index (χ4v) is 3.15. The van der Waals surface area contributed by atoms with Crippen LogP contribution in [0.5, 0.6) is 0 Å². The largest absolute Gasteiger partial charge is 0.436 e. The first kappa shape index (κ1) is 20.0. The van der Waals surface area contributed by atoms with Crippen LogP contribution in [0.3, 0.4) is 0 Å². The van der Waals surface area contributed by atoms with Crippen molar-refractivity contribution >= 4 is 17.5 Å². The van der Waals surface area contributed by atoms with Crippen molar-refractivity contribution in [1.29, 1.82) is 0 Å². The van der Waals surface area contributed by atoms with Crippen LogP contribution in [0.1, 0.15) is 57.0 Å². The number of hydrogen-bond donors (Lipinski definition) is 1. The van der Waals surface area contributed by atoms with Gasteiger partial charge in [-0.2, -0.15) is 18.3 Å². The van der Waals surface area contributed by atoms with E-state index in [0.717, 1.165) is 30.6 Å². The lowest BCUT2D eigenvalue weighted by Crippen LogP contribution is -2.38. The van der Waals surface area contributed by atoms with Crippen molar-refractivity contribution in [3.05, 3.63) is 16.4 Å². The summed E-state index contributed by atoms with van der Waals surface area (Å²) in [5.41, 5.74) is -0.792. The van der Waals surface area contributed by atoms with E-state index in [-0.39, 0.29) is 16.8 Å². The summed E-state index contributed by atoms with van der Waals surface area (Å²) in [5, 5.41) is 6.02. The number of nitrogens with one attached hydrogen (secondary N) is 1. The van der Waals surface area contributed by atoms with Gasteiger partial charge in [0.1, 0.15) is 6.04 Å². The molecule has 1 N–H and O–H groups in total. The third-order valence-corrected chi connectivity index (χ3v) is 4.86. The SMILES string of the molecule is CCN(CC)CCNC(=O)C(C)n1nc(C(F)(F)F)c(Cl)c1C1CC1. The van der Waals surface area contributed by atoms with Gasteiger partial charge in [0.05, 0.1) is 10.7 Å². The third-order valence-electron chi connectivity index (χ3n) is 4.49. The Morgan fingerprint density at radius 2 is 2.00 bits per heavy atom. The number of amides is 1. The molecule has 1 saturated carbocycles. The zero-order valence-corrected chi connectivity index (χ0v) is 15.4. The Hall–Kier alpha value is -1.28. The number of carbonyl (C=O) groups is 1. The molecule has 9 heteroatoms. The Balaban J connectivity index is 2.12. The molecule has 1 heterocycles. The summed E-state index contributed by atoms with van der Waals surface area (Å²) in [4.78, 5) is 14.5. The third kappa shape index (κ3) is 4.67. The maximum Gasteiger partial charge on any atom is 0.436 e. The standard InChI is InChI=1S/C16H24ClF3N4O/c1-4-23(5-2)9-8-21-15(25)10(3)24-13(11-6-7-11)12(17)14(22-24)16(18,19)20/h10-11H,4-9H2,1-3H3,(H,21,25). The van der Waals surface area contributed by atoms with Crippen LogP contribution < -0.4 is 5.32 Å². The van der Waals surface area contributed by atoms with Crippen molar-refractivity contribution in [1.82, 2.24) is 20.0 Å². The predicted octanol–water partition coefficient (Wildman–Crippen LogP) is 3.45. The normalized spacial score (nSPS) is 16.3. The van der Waals surface area contributed by atoms with Gasteiger partial charge in [0.15, 0.2) is 5.69 Å². The molecule has 1 aliphatic carbocycles. The minimum atomic E-state index is -4.63. The minimum absolute atomic E-state index is 0.0537. The molecule has 0 aliphatic heterocycles. The number of halogens is 4. The summed E-state index contributed by atoms with van der Waals surface area (Å²) in [6.45, 7) is 8.47. The van der Waals surface area contributed by atoms with Crippen molar-refractivity contribution in [2.24, 2.45) is 0 Å². The molecular weight excluding hydrogens is 357 g/mol. The monoisotopic (exact) mass is 380 g/mol. The van der Waals surface area contributed by atoms with E-state index in [9.17, 15) is 18.0 Å². The lowest BCUT2D eigenvalue weighted by molar-refractivity contribution is -0.141. The summed E-state index contributed by atoms with van der Waals surface area (Å²) in [6.07, 6.45) is -3.11. The lowest BCUT2D eigenvalue weighted by atomic mass is 10.2. The second-order valence-corrected chi connectivity index (χ2v) is 6.64. The molecule has 1 fully saturated rings. The van der Waals surface area contributed by atoms with Crippen molar-refractivity contribution in [2.45, 2.75) is 51.7 Å². The Morgan fingerprint density at radius 1 is 1.40 bits per heavy atom. The highest BCUT2D eigenvalue weighted by Crippen LogP contribution is 2.47. The quantitative estimate of drug-likeness (QED) is 0.751. The number of likely N-dealkylation sites (N-methyl/N-ethyl adjacent to an activating group) is 1. The summed E-state index contributed by atoms with van der Waals surface area (Å²) in [5.74, 6) is -0.413. The second-order valence-electron chi connectivity index (χ2n) is 6.26. The molecule has 0 radical (unpaired) electrons.